The summed E-state index contributed by atoms with van der Waals surface area (Å²) in [6.07, 6.45) is 3.65. The van der Waals surface area contributed by atoms with Crippen molar-refractivity contribution < 1.29 is 26.7 Å². The Labute approximate surface area is 156 Å². The van der Waals surface area contributed by atoms with E-state index in [1.165, 1.54) is 23.8 Å². The summed E-state index contributed by atoms with van der Waals surface area (Å²) in [6, 6.07) is 2.77. The van der Waals surface area contributed by atoms with Crippen molar-refractivity contribution in [2.24, 2.45) is 0 Å². The average molecular weight is 399 g/mol. The van der Waals surface area contributed by atoms with Crippen LogP contribution in [0.2, 0.25) is 0 Å². The largest absolute Gasteiger partial charge is 0.477 e. The number of ether oxygens (including phenoxy) is 2. The number of methoxy groups -OCH3 is 1. The quantitative estimate of drug-likeness (QED) is 0.740. The Bertz CT molecular complexity index is 911. The fourth-order valence-corrected chi connectivity index (χ4v) is 4.48. The maximum Gasteiger partial charge on any atom is 0.278 e. The highest BCUT2D eigenvalue weighted by Gasteiger charge is 2.31. The fraction of sp³-hybridized carbons (Fsp3) is 0.412. The van der Waals surface area contributed by atoms with Crippen molar-refractivity contribution >= 4 is 10.0 Å². The third-order valence-electron chi connectivity index (χ3n) is 4.18. The van der Waals surface area contributed by atoms with Crippen LogP contribution in [0.5, 0.6) is 11.8 Å². The number of piperidine rings is 1. The van der Waals surface area contributed by atoms with Crippen molar-refractivity contribution in [3.05, 3.63) is 47.8 Å². The van der Waals surface area contributed by atoms with E-state index in [1.54, 1.807) is 0 Å². The van der Waals surface area contributed by atoms with Gasteiger partial charge in [-0.15, -0.1) is 0 Å². The second-order valence-corrected chi connectivity index (χ2v) is 8.07. The Balaban J connectivity index is 1.72. The zero-order valence-corrected chi connectivity index (χ0v) is 15.5. The fourth-order valence-electron chi connectivity index (χ4n) is 2.89. The second-order valence-electron chi connectivity index (χ2n) is 6.10. The van der Waals surface area contributed by atoms with Crippen molar-refractivity contribution in [3.63, 3.8) is 0 Å². The van der Waals surface area contributed by atoms with Crippen LogP contribution in [-0.4, -0.2) is 49.0 Å². The van der Waals surface area contributed by atoms with Gasteiger partial charge in [-0.1, -0.05) is 0 Å². The van der Waals surface area contributed by atoms with E-state index in [4.69, 9.17) is 9.47 Å². The summed E-state index contributed by atoms with van der Waals surface area (Å²) in [5.74, 6) is -1.66. The first kappa shape index (κ1) is 19.4. The molecule has 2 aromatic rings. The lowest BCUT2D eigenvalue weighted by Crippen LogP contribution is -2.44. The van der Waals surface area contributed by atoms with Crippen LogP contribution in [0, 0.1) is 11.6 Å². The van der Waals surface area contributed by atoms with E-state index >= 15 is 0 Å². The van der Waals surface area contributed by atoms with Gasteiger partial charge < -0.3 is 9.47 Å². The van der Waals surface area contributed by atoms with Gasteiger partial charge in [0.05, 0.1) is 19.4 Å². The third kappa shape index (κ3) is 4.69. The molecule has 0 amide bonds. The first-order valence-corrected chi connectivity index (χ1v) is 9.93. The molecule has 1 unspecified atom stereocenters. The SMILES string of the molecule is COc1nccnc1OC1CCCN(S(=O)(=O)Cc2cc(F)ccc2F)C1. The van der Waals surface area contributed by atoms with E-state index in [1.807, 2.05) is 0 Å². The van der Waals surface area contributed by atoms with Gasteiger partial charge in [-0.3, -0.25) is 0 Å². The molecule has 1 aliphatic rings. The standard InChI is InChI=1S/C17H19F2N3O4S/c1-25-16-17(21-7-6-20-16)26-14-3-2-8-22(10-14)27(23,24)11-12-9-13(18)4-5-15(12)19/h4-7,9,14H,2-3,8,10-11H2,1H3. The van der Waals surface area contributed by atoms with Gasteiger partial charge in [0.1, 0.15) is 17.7 Å². The lowest BCUT2D eigenvalue weighted by atomic mass is 10.1. The smallest absolute Gasteiger partial charge is 0.278 e. The average Bonchev–Trinajstić information content (AvgIpc) is 2.65. The summed E-state index contributed by atoms with van der Waals surface area (Å²) in [4.78, 5) is 8.04. The number of rotatable bonds is 6. The molecule has 7 nitrogen and oxygen atoms in total. The summed E-state index contributed by atoms with van der Waals surface area (Å²) >= 11 is 0. The lowest BCUT2D eigenvalue weighted by Gasteiger charge is -2.32. The van der Waals surface area contributed by atoms with Gasteiger partial charge in [-0.05, 0) is 31.0 Å². The van der Waals surface area contributed by atoms with Gasteiger partial charge in [-0.2, -0.15) is 4.31 Å². The lowest BCUT2D eigenvalue weighted by molar-refractivity contribution is 0.119. The van der Waals surface area contributed by atoms with Gasteiger partial charge in [0.15, 0.2) is 0 Å². The predicted molar refractivity (Wildman–Crippen MR) is 92.8 cm³/mol. The summed E-state index contributed by atoms with van der Waals surface area (Å²) < 4.78 is 64.5. The summed E-state index contributed by atoms with van der Waals surface area (Å²) in [6.45, 7) is 0.371. The van der Waals surface area contributed by atoms with Gasteiger partial charge >= 0.3 is 0 Å². The maximum absolute atomic E-state index is 13.8. The second kappa shape index (κ2) is 8.13. The van der Waals surface area contributed by atoms with Crippen molar-refractivity contribution in [1.29, 1.82) is 0 Å². The van der Waals surface area contributed by atoms with Crippen molar-refractivity contribution in [3.8, 4) is 11.8 Å². The van der Waals surface area contributed by atoms with Crippen LogP contribution >= 0.6 is 0 Å². The van der Waals surface area contributed by atoms with Crippen LogP contribution in [0.3, 0.4) is 0 Å². The minimum atomic E-state index is -3.84. The highest BCUT2D eigenvalue weighted by Crippen LogP contribution is 2.25. The predicted octanol–water partition coefficient (Wildman–Crippen LogP) is 2.14. The molecule has 1 fully saturated rings. The van der Waals surface area contributed by atoms with Crippen LogP contribution < -0.4 is 9.47 Å². The van der Waals surface area contributed by atoms with Crippen molar-refractivity contribution in [2.75, 3.05) is 20.2 Å². The molecule has 1 aromatic heterocycles. The van der Waals surface area contributed by atoms with Crippen LogP contribution in [0.4, 0.5) is 8.78 Å². The number of hydrogen-bond acceptors (Lipinski definition) is 6. The van der Waals surface area contributed by atoms with E-state index in [9.17, 15) is 17.2 Å². The van der Waals surface area contributed by atoms with Crippen molar-refractivity contribution in [2.45, 2.75) is 24.7 Å². The molecule has 146 valence electrons. The Morgan fingerprint density at radius 3 is 2.70 bits per heavy atom. The number of halogens is 2. The van der Waals surface area contributed by atoms with Crippen LogP contribution in [0.1, 0.15) is 18.4 Å². The topological polar surface area (TPSA) is 81.6 Å². The molecule has 1 aliphatic heterocycles. The van der Waals surface area contributed by atoms with Crippen LogP contribution in [0.15, 0.2) is 30.6 Å². The molecule has 1 aromatic carbocycles. The Kier molecular flexibility index (Phi) is 5.85. The zero-order chi connectivity index (χ0) is 19.4. The highest BCUT2D eigenvalue weighted by molar-refractivity contribution is 7.88. The summed E-state index contributed by atoms with van der Waals surface area (Å²) in [5.41, 5.74) is -0.200. The van der Waals surface area contributed by atoms with Gasteiger partial charge in [-0.25, -0.2) is 27.2 Å². The third-order valence-corrected chi connectivity index (χ3v) is 5.98. The molecule has 10 heteroatoms. The van der Waals surface area contributed by atoms with Crippen LogP contribution in [-0.2, 0) is 15.8 Å². The Morgan fingerprint density at radius 2 is 1.96 bits per heavy atom. The molecule has 0 radical (unpaired) electrons. The number of aromatic nitrogens is 2. The molecule has 27 heavy (non-hydrogen) atoms. The molecular weight excluding hydrogens is 380 g/mol. The molecule has 1 saturated heterocycles. The molecule has 2 heterocycles. The summed E-state index contributed by atoms with van der Waals surface area (Å²) in [7, 11) is -2.40. The summed E-state index contributed by atoms with van der Waals surface area (Å²) in [5, 5.41) is 0. The van der Waals surface area contributed by atoms with Gasteiger partial charge in [0, 0.05) is 24.5 Å². The minimum Gasteiger partial charge on any atom is -0.477 e. The number of benzene rings is 1. The molecule has 0 spiro atoms. The molecule has 3 rings (SSSR count). The van der Waals surface area contributed by atoms with E-state index in [0.717, 1.165) is 18.2 Å². The molecule has 0 aliphatic carbocycles. The highest BCUT2D eigenvalue weighted by atomic mass is 32.2. The van der Waals surface area contributed by atoms with E-state index < -0.39 is 33.5 Å². The van der Waals surface area contributed by atoms with Gasteiger partial charge in [0.2, 0.25) is 10.0 Å². The maximum atomic E-state index is 13.8. The Morgan fingerprint density at radius 1 is 1.22 bits per heavy atom. The van der Waals surface area contributed by atoms with Crippen LogP contribution in [0.25, 0.3) is 0 Å². The number of nitrogens with zero attached hydrogens (tertiary/aromatic N) is 3. The van der Waals surface area contributed by atoms with E-state index in [0.29, 0.717) is 12.8 Å². The molecule has 0 saturated carbocycles. The Hall–Kier alpha value is -2.33. The van der Waals surface area contributed by atoms with Gasteiger partial charge in [0.25, 0.3) is 11.8 Å². The minimum absolute atomic E-state index is 0.0823. The number of hydrogen-bond donors (Lipinski definition) is 0. The number of sulfonamides is 1. The van der Waals surface area contributed by atoms with E-state index in [-0.39, 0.29) is 30.4 Å². The normalized spacial score (nSPS) is 18.3. The molecule has 1 atom stereocenters. The first-order valence-electron chi connectivity index (χ1n) is 8.32. The van der Waals surface area contributed by atoms with Crippen molar-refractivity contribution in [1.82, 2.24) is 14.3 Å². The molecule has 0 N–H and O–H groups in total. The van der Waals surface area contributed by atoms with E-state index in [2.05, 4.69) is 9.97 Å². The monoisotopic (exact) mass is 399 g/mol. The molecular formula is C17H19F2N3O4S. The molecule has 0 bridgehead atoms. The zero-order valence-electron chi connectivity index (χ0n) is 14.6. The first-order chi connectivity index (χ1) is 12.9.